The quantitative estimate of drug-likeness (QED) is 0.302. The topological polar surface area (TPSA) is 61.6 Å². The Morgan fingerprint density at radius 2 is 1.87 bits per heavy atom. The van der Waals surface area contributed by atoms with Crippen molar-refractivity contribution in [3.63, 3.8) is 0 Å². The van der Waals surface area contributed by atoms with Gasteiger partial charge in [-0.05, 0) is 17.9 Å². The predicted octanol–water partition coefficient (Wildman–Crippen LogP) is 2.92. The summed E-state index contributed by atoms with van der Waals surface area (Å²) in [5.74, 6) is 2.77. The molecule has 0 saturated carbocycles. The molecule has 3 rings (SSSR count). The molecule has 7 nitrogen and oxygen atoms in total. The Kier molecular flexibility index (Phi) is 11.3. The van der Waals surface area contributed by atoms with Crippen molar-refractivity contribution >= 4 is 29.9 Å². The first kappa shape index (κ1) is 25.6. The van der Waals surface area contributed by atoms with Crippen molar-refractivity contribution in [2.24, 2.45) is 10.9 Å². The molecule has 1 N–H and O–H groups in total. The second kappa shape index (κ2) is 13.7. The number of guanidine groups is 1. The summed E-state index contributed by atoms with van der Waals surface area (Å²) in [4.78, 5) is 9.94. The lowest BCUT2D eigenvalue weighted by atomic mass is 10.1. The molecule has 0 unspecified atom stereocenters. The number of piperazine rings is 1. The van der Waals surface area contributed by atoms with Gasteiger partial charge in [0.2, 0.25) is 0 Å². The van der Waals surface area contributed by atoms with Crippen molar-refractivity contribution in [2.45, 2.75) is 40.2 Å². The van der Waals surface area contributed by atoms with Crippen LogP contribution in [0.5, 0.6) is 0 Å². The summed E-state index contributed by atoms with van der Waals surface area (Å²) in [6.45, 7) is 14.6. The molecule has 8 heteroatoms. The molecule has 0 bridgehead atoms. The van der Waals surface area contributed by atoms with E-state index in [0.717, 1.165) is 70.4 Å². The minimum absolute atomic E-state index is 0. The van der Waals surface area contributed by atoms with E-state index in [9.17, 15) is 0 Å². The number of hydrogen-bond acceptors (Lipinski definition) is 4. The molecule has 0 radical (unpaired) electrons. The minimum Gasteiger partial charge on any atom is -0.354 e. The molecular weight excluding hydrogens is 501 g/mol. The van der Waals surface area contributed by atoms with E-state index < -0.39 is 0 Å². The third kappa shape index (κ3) is 8.40. The normalized spacial score (nSPS) is 15.2. The fourth-order valence-electron chi connectivity index (χ4n) is 3.89. The van der Waals surface area contributed by atoms with Crippen molar-refractivity contribution in [2.75, 3.05) is 45.8 Å². The average Bonchev–Trinajstić information content (AvgIpc) is 3.21. The molecule has 2 heterocycles. The number of nitrogens with zero attached hydrogens (tertiary/aromatic N) is 6. The molecule has 1 saturated heterocycles. The van der Waals surface area contributed by atoms with Crippen LogP contribution in [0, 0.1) is 5.92 Å². The van der Waals surface area contributed by atoms with Crippen LogP contribution in [0.1, 0.15) is 32.2 Å². The van der Waals surface area contributed by atoms with Crippen LogP contribution in [-0.4, -0.2) is 76.3 Å². The zero-order valence-corrected chi connectivity index (χ0v) is 21.5. The monoisotopic (exact) mass is 539 g/mol. The number of benzene rings is 1. The van der Waals surface area contributed by atoms with Gasteiger partial charge in [-0.3, -0.25) is 9.89 Å². The van der Waals surface area contributed by atoms with Crippen LogP contribution >= 0.6 is 24.0 Å². The van der Waals surface area contributed by atoms with E-state index >= 15 is 0 Å². The number of halogens is 1. The predicted molar refractivity (Wildman–Crippen MR) is 138 cm³/mol. The van der Waals surface area contributed by atoms with Gasteiger partial charge >= 0.3 is 0 Å². The standard InChI is InChI=1S/C23H37N7.HI/c1-4-22-27-26-19-30(22)13-12-25-23(24-11-10-21-8-6-5-7-9-21)29-16-14-28(15-17-29)18-20(2)3;/h5-9,19-20H,4,10-18H2,1-3H3,(H,24,25);1H. The lowest BCUT2D eigenvalue weighted by molar-refractivity contribution is 0.164. The fraction of sp³-hybridized carbons (Fsp3) is 0.609. The molecule has 0 aliphatic carbocycles. The van der Waals surface area contributed by atoms with Crippen LogP contribution in [0.3, 0.4) is 0 Å². The lowest BCUT2D eigenvalue weighted by Crippen LogP contribution is -2.53. The van der Waals surface area contributed by atoms with E-state index in [4.69, 9.17) is 4.99 Å². The van der Waals surface area contributed by atoms with Crippen LogP contribution in [0.15, 0.2) is 41.7 Å². The molecule has 172 valence electrons. The number of rotatable bonds is 9. The van der Waals surface area contributed by atoms with Gasteiger partial charge in [-0.1, -0.05) is 51.1 Å². The maximum absolute atomic E-state index is 4.96. The van der Waals surface area contributed by atoms with Crippen LogP contribution < -0.4 is 5.32 Å². The summed E-state index contributed by atoms with van der Waals surface area (Å²) in [5, 5.41) is 11.8. The van der Waals surface area contributed by atoms with Gasteiger partial charge < -0.3 is 14.8 Å². The Hall–Kier alpha value is -1.68. The van der Waals surface area contributed by atoms with E-state index in [1.807, 2.05) is 6.33 Å². The van der Waals surface area contributed by atoms with Gasteiger partial charge in [0.1, 0.15) is 12.2 Å². The molecular formula is C23H38IN7. The lowest BCUT2D eigenvalue weighted by Gasteiger charge is -2.37. The highest BCUT2D eigenvalue weighted by Crippen LogP contribution is 2.07. The molecule has 0 atom stereocenters. The smallest absolute Gasteiger partial charge is 0.194 e. The first-order valence-corrected chi connectivity index (χ1v) is 11.3. The number of aromatic nitrogens is 3. The zero-order chi connectivity index (χ0) is 21.2. The summed E-state index contributed by atoms with van der Waals surface area (Å²) < 4.78 is 2.12. The molecule has 0 spiro atoms. The van der Waals surface area contributed by atoms with Gasteiger partial charge in [0, 0.05) is 58.8 Å². The Balaban J connectivity index is 0.00000341. The third-order valence-electron chi connectivity index (χ3n) is 5.45. The first-order chi connectivity index (χ1) is 14.7. The molecule has 1 aliphatic rings. The second-order valence-corrected chi connectivity index (χ2v) is 8.34. The summed E-state index contributed by atoms with van der Waals surface area (Å²) in [6.07, 6.45) is 3.68. The second-order valence-electron chi connectivity index (χ2n) is 8.34. The van der Waals surface area contributed by atoms with Crippen molar-refractivity contribution in [1.82, 2.24) is 29.9 Å². The average molecular weight is 540 g/mol. The Morgan fingerprint density at radius 1 is 1.13 bits per heavy atom. The van der Waals surface area contributed by atoms with Gasteiger partial charge in [-0.25, -0.2) is 0 Å². The Morgan fingerprint density at radius 3 is 2.55 bits per heavy atom. The van der Waals surface area contributed by atoms with E-state index in [-0.39, 0.29) is 24.0 Å². The Labute approximate surface area is 204 Å². The minimum atomic E-state index is 0. The van der Waals surface area contributed by atoms with Crippen LogP contribution in [0.2, 0.25) is 0 Å². The van der Waals surface area contributed by atoms with Crippen LogP contribution in [0.25, 0.3) is 0 Å². The summed E-state index contributed by atoms with van der Waals surface area (Å²) in [7, 11) is 0. The van der Waals surface area contributed by atoms with Crippen molar-refractivity contribution in [3.05, 3.63) is 48.0 Å². The summed E-state index contributed by atoms with van der Waals surface area (Å²) in [5.41, 5.74) is 1.33. The maximum Gasteiger partial charge on any atom is 0.194 e. The molecule has 1 fully saturated rings. The van der Waals surface area contributed by atoms with Crippen molar-refractivity contribution in [3.8, 4) is 0 Å². The number of aliphatic imine (C=N–C) groups is 1. The van der Waals surface area contributed by atoms with E-state index in [1.54, 1.807) is 0 Å². The highest BCUT2D eigenvalue weighted by Gasteiger charge is 2.20. The SMILES string of the molecule is CCc1nncn1CCNC(=NCCc1ccccc1)N1CCN(CC(C)C)CC1.I. The largest absolute Gasteiger partial charge is 0.354 e. The molecule has 1 aromatic carbocycles. The number of aryl methyl sites for hydroxylation is 1. The van der Waals surface area contributed by atoms with Gasteiger partial charge in [-0.2, -0.15) is 0 Å². The fourth-order valence-corrected chi connectivity index (χ4v) is 3.89. The summed E-state index contributed by atoms with van der Waals surface area (Å²) >= 11 is 0. The van der Waals surface area contributed by atoms with Crippen LogP contribution in [0.4, 0.5) is 0 Å². The third-order valence-corrected chi connectivity index (χ3v) is 5.45. The van der Waals surface area contributed by atoms with Gasteiger partial charge in [0.15, 0.2) is 5.96 Å². The molecule has 2 aromatic rings. The molecule has 1 aliphatic heterocycles. The van der Waals surface area contributed by atoms with E-state index in [0.29, 0.717) is 5.92 Å². The maximum atomic E-state index is 4.96. The van der Waals surface area contributed by atoms with Crippen molar-refractivity contribution < 1.29 is 0 Å². The van der Waals surface area contributed by atoms with Gasteiger partial charge in [0.05, 0.1) is 0 Å². The van der Waals surface area contributed by atoms with E-state index in [2.05, 4.69) is 81.0 Å². The number of hydrogen-bond donors (Lipinski definition) is 1. The molecule has 1 aromatic heterocycles. The summed E-state index contributed by atoms with van der Waals surface area (Å²) in [6, 6.07) is 10.6. The van der Waals surface area contributed by atoms with Gasteiger partial charge in [-0.15, -0.1) is 34.2 Å². The highest BCUT2D eigenvalue weighted by atomic mass is 127. The molecule has 0 amide bonds. The van der Waals surface area contributed by atoms with E-state index in [1.165, 1.54) is 12.1 Å². The Bertz CT molecular complexity index is 767. The highest BCUT2D eigenvalue weighted by molar-refractivity contribution is 14.0. The van der Waals surface area contributed by atoms with Gasteiger partial charge in [0.25, 0.3) is 0 Å². The van der Waals surface area contributed by atoms with Crippen LogP contribution in [-0.2, 0) is 19.4 Å². The van der Waals surface area contributed by atoms with Crippen molar-refractivity contribution in [1.29, 1.82) is 0 Å². The molecule has 31 heavy (non-hydrogen) atoms. The first-order valence-electron chi connectivity index (χ1n) is 11.3. The zero-order valence-electron chi connectivity index (χ0n) is 19.2. The number of nitrogens with one attached hydrogen (secondary N) is 1.